The van der Waals surface area contributed by atoms with Gasteiger partial charge in [0.25, 0.3) is 5.91 Å². The van der Waals surface area contributed by atoms with Crippen molar-refractivity contribution in [1.82, 2.24) is 10.2 Å². The maximum atomic E-state index is 13.0. The molecule has 2 aliphatic rings. The van der Waals surface area contributed by atoms with Gasteiger partial charge in [-0.2, -0.15) is 13.2 Å². The van der Waals surface area contributed by atoms with Crippen molar-refractivity contribution in [1.29, 1.82) is 0 Å². The summed E-state index contributed by atoms with van der Waals surface area (Å²) in [5.74, 6) is 0.262. The third-order valence-electron chi connectivity index (χ3n) is 6.19. The molecule has 1 atom stereocenters. The topological polar surface area (TPSA) is 71.1 Å². The van der Waals surface area contributed by atoms with E-state index in [1.807, 2.05) is 0 Å². The first-order valence-electron chi connectivity index (χ1n) is 11.6. The third kappa shape index (κ3) is 6.52. The van der Waals surface area contributed by atoms with E-state index in [-0.39, 0.29) is 31.0 Å². The van der Waals surface area contributed by atoms with Gasteiger partial charge in [-0.05, 0) is 48.4 Å². The summed E-state index contributed by atoms with van der Waals surface area (Å²) in [6.07, 6.45) is -3.01. The van der Waals surface area contributed by atoms with Crippen molar-refractivity contribution in [3.63, 3.8) is 0 Å². The van der Waals surface area contributed by atoms with Gasteiger partial charge >= 0.3 is 6.18 Å². The number of anilines is 1. The Morgan fingerprint density at radius 3 is 2.31 bits per heavy atom. The van der Waals surface area contributed by atoms with E-state index in [2.05, 4.69) is 10.2 Å². The van der Waals surface area contributed by atoms with Crippen LogP contribution in [0, 0.1) is 0 Å². The van der Waals surface area contributed by atoms with Crippen LogP contribution in [-0.4, -0.2) is 62.7 Å². The van der Waals surface area contributed by atoms with Crippen LogP contribution in [-0.2, 0) is 20.5 Å². The Labute approximate surface area is 201 Å². The minimum absolute atomic E-state index is 0.0981. The summed E-state index contributed by atoms with van der Waals surface area (Å²) in [6.45, 7) is 2.99. The van der Waals surface area contributed by atoms with Crippen molar-refractivity contribution in [3.8, 4) is 5.75 Å². The first-order valence-corrected chi connectivity index (χ1v) is 11.6. The van der Waals surface area contributed by atoms with Crippen LogP contribution in [0.5, 0.6) is 5.75 Å². The third-order valence-corrected chi connectivity index (χ3v) is 6.19. The van der Waals surface area contributed by atoms with E-state index in [4.69, 9.17) is 9.47 Å². The molecular weight excluding hydrogens is 463 g/mol. The average Bonchev–Trinajstić information content (AvgIpc) is 3.29. The van der Waals surface area contributed by atoms with E-state index in [0.29, 0.717) is 50.6 Å². The number of amides is 2. The summed E-state index contributed by atoms with van der Waals surface area (Å²) in [7, 11) is 0. The fraction of sp³-hybridized carbons (Fsp3) is 0.440. The standard InChI is InChI=1S/C25H28F3N3O4/c26-25(27,28)19-5-3-18(4-6-19)22(30-12-14-34-15-13-30)16-29-23(32)17-35-21-9-7-20(8-10-21)31-11-1-2-24(31)33/h3-10,22H,1-2,11-17H2,(H,29,32). The van der Waals surface area contributed by atoms with Crippen LogP contribution in [0.2, 0.25) is 0 Å². The number of carbonyl (C=O) groups is 2. The van der Waals surface area contributed by atoms with Crippen molar-refractivity contribution < 1.29 is 32.2 Å². The lowest BCUT2D eigenvalue weighted by molar-refractivity contribution is -0.137. The van der Waals surface area contributed by atoms with Crippen LogP contribution in [0.3, 0.4) is 0 Å². The smallest absolute Gasteiger partial charge is 0.416 e. The highest BCUT2D eigenvalue weighted by atomic mass is 19.4. The number of ether oxygens (including phenoxy) is 2. The first-order chi connectivity index (χ1) is 16.8. The summed E-state index contributed by atoms with van der Waals surface area (Å²) in [5.41, 5.74) is 0.780. The van der Waals surface area contributed by atoms with Crippen LogP contribution in [0.25, 0.3) is 0 Å². The van der Waals surface area contributed by atoms with Crippen LogP contribution < -0.4 is 15.0 Å². The van der Waals surface area contributed by atoms with Crippen LogP contribution >= 0.6 is 0 Å². The van der Waals surface area contributed by atoms with Gasteiger partial charge in [0, 0.05) is 38.3 Å². The van der Waals surface area contributed by atoms with Crippen LogP contribution in [0.1, 0.15) is 30.0 Å². The molecule has 2 fully saturated rings. The lowest BCUT2D eigenvalue weighted by Gasteiger charge is -2.35. The quantitative estimate of drug-likeness (QED) is 0.613. The monoisotopic (exact) mass is 491 g/mol. The molecule has 0 aromatic heterocycles. The fourth-order valence-corrected chi connectivity index (χ4v) is 4.30. The molecule has 2 saturated heterocycles. The maximum absolute atomic E-state index is 13.0. The number of hydrogen-bond acceptors (Lipinski definition) is 5. The van der Waals surface area contributed by atoms with Crippen LogP contribution in [0.15, 0.2) is 48.5 Å². The number of morpholine rings is 1. The fourth-order valence-electron chi connectivity index (χ4n) is 4.30. The second-order valence-corrected chi connectivity index (χ2v) is 8.52. The Balaban J connectivity index is 1.33. The Morgan fingerprint density at radius 2 is 1.71 bits per heavy atom. The molecule has 10 heteroatoms. The molecule has 1 unspecified atom stereocenters. The van der Waals surface area contributed by atoms with Crippen molar-refractivity contribution in [2.24, 2.45) is 0 Å². The molecule has 2 amide bonds. The lowest BCUT2D eigenvalue weighted by Crippen LogP contribution is -2.44. The minimum Gasteiger partial charge on any atom is -0.484 e. The zero-order valence-electron chi connectivity index (χ0n) is 19.2. The van der Waals surface area contributed by atoms with E-state index >= 15 is 0 Å². The molecule has 0 radical (unpaired) electrons. The summed E-state index contributed by atoms with van der Waals surface area (Å²) in [4.78, 5) is 28.1. The number of hydrogen-bond donors (Lipinski definition) is 1. The van der Waals surface area contributed by atoms with E-state index in [1.54, 1.807) is 29.2 Å². The number of carbonyl (C=O) groups excluding carboxylic acids is 2. The Kier molecular flexibility index (Phi) is 7.92. The van der Waals surface area contributed by atoms with Crippen molar-refractivity contribution in [3.05, 3.63) is 59.7 Å². The summed E-state index contributed by atoms with van der Waals surface area (Å²) in [5, 5.41) is 2.83. The summed E-state index contributed by atoms with van der Waals surface area (Å²) in [6, 6.07) is 11.8. The molecule has 0 bridgehead atoms. The molecule has 4 rings (SSSR count). The molecule has 0 aliphatic carbocycles. The number of nitrogens with one attached hydrogen (secondary N) is 1. The van der Waals surface area contributed by atoms with Crippen molar-refractivity contribution in [2.45, 2.75) is 25.1 Å². The van der Waals surface area contributed by atoms with E-state index in [0.717, 1.165) is 24.2 Å². The van der Waals surface area contributed by atoms with Gasteiger partial charge < -0.3 is 19.7 Å². The van der Waals surface area contributed by atoms with Gasteiger partial charge in [0.1, 0.15) is 5.75 Å². The Hall–Kier alpha value is -3.11. The molecule has 188 valence electrons. The van der Waals surface area contributed by atoms with Gasteiger partial charge in [0.2, 0.25) is 5.91 Å². The molecule has 0 saturated carbocycles. The zero-order valence-corrected chi connectivity index (χ0v) is 19.2. The van der Waals surface area contributed by atoms with Gasteiger partial charge in [-0.15, -0.1) is 0 Å². The minimum atomic E-state index is -4.40. The van der Waals surface area contributed by atoms with E-state index in [1.165, 1.54) is 12.1 Å². The highest BCUT2D eigenvalue weighted by Gasteiger charge is 2.31. The van der Waals surface area contributed by atoms with Crippen molar-refractivity contribution in [2.75, 3.05) is 50.9 Å². The van der Waals surface area contributed by atoms with Crippen LogP contribution in [0.4, 0.5) is 18.9 Å². The Bertz CT molecular complexity index is 1010. The molecule has 2 aromatic rings. The molecule has 2 aromatic carbocycles. The Morgan fingerprint density at radius 1 is 1.03 bits per heavy atom. The summed E-state index contributed by atoms with van der Waals surface area (Å²) < 4.78 is 49.8. The van der Waals surface area contributed by atoms with E-state index < -0.39 is 11.7 Å². The van der Waals surface area contributed by atoms with Gasteiger partial charge in [-0.25, -0.2) is 0 Å². The molecule has 7 nitrogen and oxygen atoms in total. The molecule has 1 N–H and O–H groups in total. The average molecular weight is 492 g/mol. The molecule has 35 heavy (non-hydrogen) atoms. The molecule has 2 heterocycles. The SMILES string of the molecule is O=C(COc1ccc(N2CCCC2=O)cc1)NCC(c1ccc(C(F)(F)F)cc1)N1CCOCC1. The van der Waals surface area contributed by atoms with Crippen molar-refractivity contribution >= 4 is 17.5 Å². The predicted octanol–water partition coefficient (Wildman–Crippen LogP) is 3.40. The molecule has 2 aliphatic heterocycles. The number of halogens is 3. The van der Waals surface area contributed by atoms with Gasteiger partial charge in [-0.1, -0.05) is 12.1 Å². The lowest BCUT2D eigenvalue weighted by atomic mass is 10.0. The number of benzene rings is 2. The summed E-state index contributed by atoms with van der Waals surface area (Å²) >= 11 is 0. The number of alkyl halides is 3. The van der Waals surface area contributed by atoms with Gasteiger partial charge in [0.15, 0.2) is 6.61 Å². The first kappa shape index (κ1) is 25.0. The maximum Gasteiger partial charge on any atom is 0.416 e. The largest absolute Gasteiger partial charge is 0.484 e. The van der Waals surface area contributed by atoms with Gasteiger partial charge in [-0.3, -0.25) is 14.5 Å². The van der Waals surface area contributed by atoms with Gasteiger partial charge in [0.05, 0.1) is 24.8 Å². The number of rotatable bonds is 8. The molecule has 0 spiro atoms. The number of nitrogens with zero attached hydrogens (tertiary/aromatic N) is 2. The van der Waals surface area contributed by atoms with E-state index in [9.17, 15) is 22.8 Å². The normalized spacial score (nSPS) is 17.9. The second-order valence-electron chi connectivity index (χ2n) is 8.52. The highest BCUT2D eigenvalue weighted by Crippen LogP contribution is 2.31. The predicted molar refractivity (Wildman–Crippen MR) is 123 cm³/mol. The molecular formula is C25H28F3N3O4. The second kappa shape index (κ2) is 11.1. The highest BCUT2D eigenvalue weighted by molar-refractivity contribution is 5.95. The zero-order chi connectivity index (χ0) is 24.8.